The molecule has 0 aliphatic heterocycles. The zero-order valence-corrected chi connectivity index (χ0v) is 50.9. The van der Waals surface area contributed by atoms with E-state index in [0.29, 0.717) is 23.9 Å². The maximum Gasteiger partial charge on any atom is 0.306 e. The average molecular weight is 1100 g/mol. The molecular weight excluding hydrogens is 990 g/mol. The number of allylic oxidation sites excluding steroid dienone is 24. The number of quaternary nitrogens is 1. The number of hydrogen-bond donors (Lipinski definition) is 0. The lowest BCUT2D eigenvalue weighted by Gasteiger charge is -2.28. The number of esters is 2. The highest BCUT2D eigenvalue weighted by atomic mass is 31.2. The first kappa shape index (κ1) is 73.9. The molecule has 0 aliphatic carbocycles. The second kappa shape index (κ2) is 57.6. The topological polar surface area (TPSA) is 111 Å². The molecular formula is C68H112NO8P. The summed E-state index contributed by atoms with van der Waals surface area (Å²) in [6.45, 7) is 3.95. The highest BCUT2D eigenvalue weighted by Crippen LogP contribution is 2.38. The van der Waals surface area contributed by atoms with Crippen LogP contribution >= 0.6 is 7.82 Å². The predicted molar refractivity (Wildman–Crippen MR) is 332 cm³/mol. The maximum atomic E-state index is 12.8. The van der Waals surface area contributed by atoms with Gasteiger partial charge in [0.1, 0.15) is 19.8 Å². The molecule has 0 N–H and O–H groups in total. The molecule has 0 aromatic rings. The minimum absolute atomic E-state index is 0.0441. The molecule has 2 unspecified atom stereocenters. The van der Waals surface area contributed by atoms with Crippen molar-refractivity contribution in [2.75, 3.05) is 47.5 Å². The van der Waals surface area contributed by atoms with Gasteiger partial charge in [-0.3, -0.25) is 14.2 Å². The van der Waals surface area contributed by atoms with Crippen LogP contribution in [0.15, 0.2) is 146 Å². The fourth-order valence-corrected chi connectivity index (χ4v) is 8.45. The molecule has 2 atom stereocenters. The Morgan fingerprint density at radius 3 is 1.04 bits per heavy atom. The summed E-state index contributed by atoms with van der Waals surface area (Å²) in [5, 5.41) is 0. The molecule has 0 radical (unpaired) electrons. The molecule has 0 bridgehead atoms. The number of carbonyl (C=O) groups excluding carboxylic acids is 2. The Kier molecular flexibility index (Phi) is 54.5. The lowest BCUT2D eigenvalue weighted by Crippen LogP contribution is -2.37. The molecule has 78 heavy (non-hydrogen) atoms. The van der Waals surface area contributed by atoms with Crippen LogP contribution in [0.3, 0.4) is 0 Å². The Labute approximate surface area is 478 Å². The van der Waals surface area contributed by atoms with Crippen LogP contribution < -0.4 is 4.89 Å². The van der Waals surface area contributed by atoms with Gasteiger partial charge in [-0.05, 0) is 116 Å². The van der Waals surface area contributed by atoms with Crippen molar-refractivity contribution in [3.63, 3.8) is 0 Å². The van der Waals surface area contributed by atoms with Crippen LogP contribution in [-0.2, 0) is 32.7 Å². The quantitative estimate of drug-likeness (QED) is 0.0195. The zero-order valence-electron chi connectivity index (χ0n) is 50.1. The second-order valence-corrected chi connectivity index (χ2v) is 22.4. The maximum absolute atomic E-state index is 12.8. The number of ether oxygens (including phenoxy) is 2. The zero-order chi connectivity index (χ0) is 57.0. The van der Waals surface area contributed by atoms with Crippen LogP contribution in [-0.4, -0.2) is 70.0 Å². The molecule has 10 heteroatoms. The van der Waals surface area contributed by atoms with Crippen molar-refractivity contribution in [2.45, 2.75) is 225 Å². The van der Waals surface area contributed by atoms with Gasteiger partial charge in [0.15, 0.2) is 6.10 Å². The number of hydrogen-bond acceptors (Lipinski definition) is 8. The molecule has 0 aliphatic rings. The van der Waals surface area contributed by atoms with Crippen LogP contribution in [0, 0.1) is 0 Å². The molecule has 0 aromatic heterocycles. The number of nitrogens with zero attached hydrogens (tertiary/aromatic N) is 1. The van der Waals surface area contributed by atoms with E-state index in [1.165, 1.54) is 64.2 Å². The third kappa shape index (κ3) is 61.1. The van der Waals surface area contributed by atoms with Gasteiger partial charge in [0.25, 0.3) is 7.82 Å². The minimum atomic E-state index is -4.65. The van der Waals surface area contributed by atoms with Crippen molar-refractivity contribution in [3.8, 4) is 0 Å². The van der Waals surface area contributed by atoms with Crippen LogP contribution in [0.4, 0.5) is 0 Å². The van der Waals surface area contributed by atoms with Gasteiger partial charge in [0, 0.05) is 12.8 Å². The van der Waals surface area contributed by atoms with Crippen LogP contribution in [0.5, 0.6) is 0 Å². The number of rotatable bonds is 54. The molecule has 0 saturated heterocycles. The largest absolute Gasteiger partial charge is 0.756 e. The van der Waals surface area contributed by atoms with E-state index in [-0.39, 0.29) is 26.1 Å². The second-order valence-electron chi connectivity index (χ2n) is 20.9. The lowest BCUT2D eigenvalue weighted by atomic mass is 10.0. The smallest absolute Gasteiger partial charge is 0.306 e. The first-order valence-corrected chi connectivity index (χ1v) is 32.0. The van der Waals surface area contributed by atoms with Gasteiger partial charge in [0.2, 0.25) is 0 Å². The molecule has 442 valence electrons. The summed E-state index contributed by atoms with van der Waals surface area (Å²) in [7, 11) is 1.13. The van der Waals surface area contributed by atoms with Gasteiger partial charge in [-0.2, -0.15) is 0 Å². The molecule has 0 rings (SSSR count). The number of likely N-dealkylation sites (N-methyl/N-ethyl adjacent to an activating group) is 1. The average Bonchev–Trinajstić information content (AvgIpc) is 3.41. The van der Waals surface area contributed by atoms with Crippen LogP contribution in [0.25, 0.3) is 0 Å². The van der Waals surface area contributed by atoms with Crippen molar-refractivity contribution >= 4 is 19.8 Å². The summed E-state index contributed by atoms with van der Waals surface area (Å²) >= 11 is 0. The highest BCUT2D eigenvalue weighted by molar-refractivity contribution is 7.45. The van der Waals surface area contributed by atoms with E-state index >= 15 is 0 Å². The van der Waals surface area contributed by atoms with Crippen molar-refractivity contribution in [3.05, 3.63) is 146 Å². The van der Waals surface area contributed by atoms with E-state index in [9.17, 15) is 19.0 Å². The van der Waals surface area contributed by atoms with Gasteiger partial charge in [-0.15, -0.1) is 0 Å². The molecule has 9 nitrogen and oxygen atoms in total. The van der Waals surface area contributed by atoms with E-state index in [0.717, 1.165) is 116 Å². The standard InChI is InChI=1S/C68H112NO8P/c1-6-8-10-12-14-16-18-20-22-24-26-27-28-29-30-31-32-33-34-35-36-37-38-39-40-41-43-45-47-49-51-53-55-57-59-61-68(71)77-66(65-76-78(72,73)75-63-62-69(3,4)5)64-74-67(70)60-58-56-54-52-50-48-46-44-42-25-23-21-19-17-15-13-11-9-7-2/h8-11,14-17,20-23,26-27,29-30,32-33,35-36,42,44,48,50,66H,6-7,12-13,18-19,24-25,28,31,34,37-41,43,45-47,49,51-65H2,1-5H3/b10-8-,11-9-,16-14-,17-15-,22-20-,23-21-,27-26-,30-29-,33-32-,36-35-,44-42-,50-48-. The van der Waals surface area contributed by atoms with Gasteiger partial charge in [0.05, 0.1) is 27.7 Å². The summed E-state index contributed by atoms with van der Waals surface area (Å²) < 4.78 is 34.1. The summed E-state index contributed by atoms with van der Waals surface area (Å²) in [5.41, 5.74) is 0. The minimum Gasteiger partial charge on any atom is -0.756 e. The number of phosphoric acid groups is 1. The van der Waals surface area contributed by atoms with Crippen LogP contribution in [0.2, 0.25) is 0 Å². The van der Waals surface area contributed by atoms with Gasteiger partial charge in [-0.25, -0.2) is 0 Å². The number of unbranched alkanes of at least 4 members (excludes halogenated alkanes) is 16. The highest BCUT2D eigenvalue weighted by Gasteiger charge is 2.21. The SMILES string of the molecule is CC/C=C\C/C=C\C/C=C\C/C=C\C/C=C\C/C=C\C/C=C\CCCCCCCCCCCCCCCC(=O)OC(COC(=O)CCCCC/C=C\C/C=C\C/C=C\C/C=C\C/C=C\CC)COP(=O)([O-])OCC[N+](C)(C)C. The fraction of sp³-hybridized carbons (Fsp3) is 0.618. The van der Waals surface area contributed by atoms with Gasteiger partial charge >= 0.3 is 11.9 Å². The molecule has 0 saturated carbocycles. The van der Waals surface area contributed by atoms with Gasteiger partial charge in [-0.1, -0.05) is 237 Å². The van der Waals surface area contributed by atoms with E-state index in [1.54, 1.807) is 0 Å². The first-order chi connectivity index (χ1) is 38.0. The van der Waals surface area contributed by atoms with E-state index in [4.69, 9.17) is 18.5 Å². The lowest BCUT2D eigenvalue weighted by molar-refractivity contribution is -0.870. The fourth-order valence-electron chi connectivity index (χ4n) is 7.72. The third-order valence-corrected chi connectivity index (χ3v) is 13.3. The summed E-state index contributed by atoms with van der Waals surface area (Å²) in [5.74, 6) is -0.881. The predicted octanol–water partition coefficient (Wildman–Crippen LogP) is 18.8. The van der Waals surface area contributed by atoms with Crippen LogP contribution in [0.1, 0.15) is 219 Å². The molecule has 0 spiro atoms. The van der Waals surface area contributed by atoms with Crippen molar-refractivity contribution < 1.29 is 42.1 Å². The summed E-state index contributed by atoms with van der Waals surface area (Å²) in [4.78, 5) is 37.9. The summed E-state index contributed by atoms with van der Waals surface area (Å²) in [6.07, 6.45) is 84.7. The third-order valence-electron chi connectivity index (χ3n) is 12.4. The van der Waals surface area contributed by atoms with Gasteiger partial charge < -0.3 is 27.9 Å². The first-order valence-electron chi connectivity index (χ1n) is 30.5. The molecule has 0 heterocycles. The summed E-state index contributed by atoms with van der Waals surface area (Å²) in [6, 6.07) is 0. The van der Waals surface area contributed by atoms with E-state index in [2.05, 4.69) is 160 Å². The Balaban J connectivity index is 4.16. The molecule has 0 aromatic carbocycles. The molecule has 0 amide bonds. The van der Waals surface area contributed by atoms with Crippen molar-refractivity contribution in [1.82, 2.24) is 0 Å². The van der Waals surface area contributed by atoms with E-state index < -0.39 is 32.5 Å². The Bertz CT molecular complexity index is 1820. The Morgan fingerprint density at radius 2 is 0.692 bits per heavy atom. The van der Waals surface area contributed by atoms with E-state index in [1.807, 2.05) is 21.1 Å². The number of phosphoric ester groups is 1. The number of carbonyl (C=O) groups is 2. The monoisotopic (exact) mass is 1100 g/mol. The van der Waals surface area contributed by atoms with Crippen molar-refractivity contribution in [2.24, 2.45) is 0 Å². The Hall–Kier alpha value is -4.11. The molecule has 0 fully saturated rings. The van der Waals surface area contributed by atoms with Crippen molar-refractivity contribution in [1.29, 1.82) is 0 Å². The Morgan fingerprint density at radius 1 is 0.397 bits per heavy atom. The normalized spacial score (nSPS) is 14.3.